The maximum absolute atomic E-state index is 11.4. The number of nitriles is 1. The lowest BCUT2D eigenvalue weighted by atomic mass is 9.96. The van der Waals surface area contributed by atoms with Crippen molar-refractivity contribution in [3.05, 3.63) is 35.4 Å². The Morgan fingerprint density at radius 3 is 2.63 bits per heavy atom. The molecule has 0 aliphatic rings. The second kappa shape index (κ2) is 5.85. The predicted octanol–water partition coefficient (Wildman–Crippen LogP) is 2.80. The molecule has 0 aromatic heterocycles. The number of aliphatic carboxylic acids is 1. The summed E-state index contributed by atoms with van der Waals surface area (Å²) in [5.74, 6) is -0.849. The summed E-state index contributed by atoms with van der Waals surface area (Å²) in [6.45, 7) is 7.92. The third-order valence-electron chi connectivity index (χ3n) is 3.55. The fourth-order valence-electron chi connectivity index (χ4n) is 2.32. The minimum Gasteiger partial charge on any atom is -0.480 e. The summed E-state index contributed by atoms with van der Waals surface area (Å²) >= 11 is 0. The standard InChI is InChI=1S/C15H20N2O2/c1-5-17(15(3,4)14(18)19)11(2)13-8-6-7-12(9-13)10-16/h6-9,11H,5H2,1-4H3,(H,18,19). The van der Waals surface area contributed by atoms with Gasteiger partial charge in [-0.2, -0.15) is 5.26 Å². The van der Waals surface area contributed by atoms with E-state index in [1.54, 1.807) is 19.9 Å². The molecule has 0 aliphatic heterocycles. The SMILES string of the molecule is CCN(C(C)c1cccc(C#N)c1)C(C)(C)C(=O)O. The van der Waals surface area contributed by atoms with Crippen LogP contribution in [0.2, 0.25) is 0 Å². The van der Waals surface area contributed by atoms with Crippen molar-refractivity contribution in [3.63, 3.8) is 0 Å². The third kappa shape index (κ3) is 3.12. The second-order valence-corrected chi connectivity index (χ2v) is 5.06. The Morgan fingerprint density at radius 2 is 2.16 bits per heavy atom. The van der Waals surface area contributed by atoms with Crippen LogP contribution in [0.4, 0.5) is 0 Å². The number of hydrogen-bond donors (Lipinski definition) is 1. The van der Waals surface area contributed by atoms with Gasteiger partial charge in [0.1, 0.15) is 5.54 Å². The van der Waals surface area contributed by atoms with Crippen molar-refractivity contribution in [3.8, 4) is 6.07 Å². The average Bonchev–Trinajstić information content (AvgIpc) is 2.39. The van der Waals surface area contributed by atoms with E-state index in [-0.39, 0.29) is 6.04 Å². The van der Waals surface area contributed by atoms with E-state index in [0.717, 1.165) is 5.56 Å². The summed E-state index contributed by atoms with van der Waals surface area (Å²) < 4.78 is 0. The molecule has 0 amide bonds. The van der Waals surface area contributed by atoms with Crippen molar-refractivity contribution in [2.45, 2.75) is 39.3 Å². The van der Waals surface area contributed by atoms with E-state index in [9.17, 15) is 9.90 Å². The number of rotatable bonds is 5. The van der Waals surface area contributed by atoms with E-state index >= 15 is 0 Å². The molecule has 4 nitrogen and oxygen atoms in total. The van der Waals surface area contributed by atoms with Crippen molar-refractivity contribution in [1.82, 2.24) is 4.90 Å². The first-order chi connectivity index (χ1) is 8.84. The van der Waals surface area contributed by atoms with E-state index in [4.69, 9.17) is 5.26 Å². The Hall–Kier alpha value is -1.86. The van der Waals surface area contributed by atoms with Crippen molar-refractivity contribution in [2.75, 3.05) is 6.54 Å². The van der Waals surface area contributed by atoms with E-state index in [1.165, 1.54) is 0 Å². The number of hydrogen-bond acceptors (Lipinski definition) is 3. The lowest BCUT2D eigenvalue weighted by Gasteiger charge is -2.39. The van der Waals surface area contributed by atoms with Crippen LogP contribution < -0.4 is 0 Å². The molecule has 0 saturated carbocycles. The highest BCUT2D eigenvalue weighted by molar-refractivity contribution is 5.77. The largest absolute Gasteiger partial charge is 0.480 e. The highest BCUT2D eigenvalue weighted by Crippen LogP contribution is 2.28. The molecule has 0 aliphatic carbocycles. The fraction of sp³-hybridized carbons (Fsp3) is 0.467. The van der Waals surface area contributed by atoms with Gasteiger partial charge in [0, 0.05) is 6.04 Å². The molecule has 1 atom stereocenters. The Kier molecular flexibility index (Phi) is 4.68. The molecule has 4 heteroatoms. The molecule has 0 saturated heterocycles. The van der Waals surface area contributed by atoms with Gasteiger partial charge in [0.2, 0.25) is 0 Å². The van der Waals surface area contributed by atoms with Gasteiger partial charge in [0.15, 0.2) is 0 Å². The van der Waals surface area contributed by atoms with Crippen LogP contribution in [0, 0.1) is 11.3 Å². The first kappa shape index (κ1) is 15.2. The molecule has 0 fully saturated rings. The summed E-state index contributed by atoms with van der Waals surface area (Å²) in [7, 11) is 0. The van der Waals surface area contributed by atoms with Gasteiger partial charge in [-0.15, -0.1) is 0 Å². The molecule has 1 aromatic rings. The van der Waals surface area contributed by atoms with Crippen molar-refractivity contribution in [2.24, 2.45) is 0 Å². The number of carboxylic acid groups (broad SMARTS) is 1. The summed E-state index contributed by atoms with van der Waals surface area (Å²) in [5, 5.41) is 18.3. The van der Waals surface area contributed by atoms with E-state index in [1.807, 2.05) is 36.9 Å². The van der Waals surface area contributed by atoms with Gasteiger partial charge in [-0.3, -0.25) is 9.69 Å². The van der Waals surface area contributed by atoms with Crippen molar-refractivity contribution < 1.29 is 9.90 Å². The molecule has 1 rings (SSSR count). The molecule has 0 bridgehead atoms. The number of carboxylic acids is 1. The Bertz CT molecular complexity index is 503. The van der Waals surface area contributed by atoms with Gasteiger partial charge in [-0.25, -0.2) is 0 Å². The van der Waals surface area contributed by atoms with Gasteiger partial charge >= 0.3 is 5.97 Å². The summed E-state index contributed by atoms with van der Waals surface area (Å²) in [4.78, 5) is 13.3. The van der Waals surface area contributed by atoms with Crippen LogP contribution >= 0.6 is 0 Å². The molecule has 1 aromatic carbocycles. The number of likely N-dealkylation sites (N-methyl/N-ethyl adjacent to an activating group) is 1. The molecule has 1 N–H and O–H groups in total. The molecular weight excluding hydrogens is 240 g/mol. The van der Waals surface area contributed by atoms with Crippen LogP contribution in [-0.2, 0) is 4.79 Å². The monoisotopic (exact) mass is 260 g/mol. The average molecular weight is 260 g/mol. The smallest absolute Gasteiger partial charge is 0.323 e. The number of benzene rings is 1. The lowest BCUT2D eigenvalue weighted by Crippen LogP contribution is -2.51. The fourth-order valence-corrected chi connectivity index (χ4v) is 2.32. The topological polar surface area (TPSA) is 64.3 Å². The quantitative estimate of drug-likeness (QED) is 0.884. The maximum Gasteiger partial charge on any atom is 0.323 e. The highest BCUT2D eigenvalue weighted by atomic mass is 16.4. The van der Waals surface area contributed by atoms with E-state index < -0.39 is 11.5 Å². The Balaban J connectivity index is 3.12. The Labute approximate surface area is 114 Å². The lowest BCUT2D eigenvalue weighted by molar-refractivity contribution is -0.150. The molecule has 1 unspecified atom stereocenters. The van der Waals surface area contributed by atoms with E-state index in [2.05, 4.69) is 6.07 Å². The number of nitrogens with zero attached hydrogens (tertiary/aromatic N) is 2. The predicted molar refractivity (Wildman–Crippen MR) is 73.7 cm³/mol. The molecule has 0 heterocycles. The van der Waals surface area contributed by atoms with Gasteiger partial charge in [-0.1, -0.05) is 19.1 Å². The van der Waals surface area contributed by atoms with Crippen LogP contribution in [0.25, 0.3) is 0 Å². The maximum atomic E-state index is 11.4. The summed E-state index contributed by atoms with van der Waals surface area (Å²) in [6, 6.07) is 9.34. The summed E-state index contributed by atoms with van der Waals surface area (Å²) in [5.41, 5.74) is 0.598. The van der Waals surface area contributed by atoms with Crippen LogP contribution in [0.5, 0.6) is 0 Å². The zero-order chi connectivity index (χ0) is 14.6. The number of carbonyl (C=O) groups is 1. The van der Waals surface area contributed by atoms with Crippen molar-refractivity contribution >= 4 is 5.97 Å². The first-order valence-corrected chi connectivity index (χ1v) is 6.34. The second-order valence-electron chi connectivity index (χ2n) is 5.06. The van der Waals surface area contributed by atoms with Crippen LogP contribution in [-0.4, -0.2) is 28.1 Å². The molecular formula is C15H20N2O2. The summed E-state index contributed by atoms with van der Waals surface area (Å²) in [6.07, 6.45) is 0. The molecule has 19 heavy (non-hydrogen) atoms. The Morgan fingerprint density at radius 1 is 1.53 bits per heavy atom. The molecule has 0 spiro atoms. The third-order valence-corrected chi connectivity index (χ3v) is 3.55. The normalized spacial score (nSPS) is 13.1. The van der Waals surface area contributed by atoms with Crippen molar-refractivity contribution in [1.29, 1.82) is 5.26 Å². The van der Waals surface area contributed by atoms with Crippen LogP contribution in [0.1, 0.15) is 44.9 Å². The van der Waals surface area contributed by atoms with E-state index in [0.29, 0.717) is 12.1 Å². The molecule has 102 valence electrons. The van der Waals surface area contributed by atoms with Gasteiger partial charge in [0.05, 0.1) is 11.6 Å². The minimum absolute atomic E-state index is 0.0654. The van der Waals surface area contributed by atoms with Gasteiger partial charge in [0.25, 0.3) is 0 Å². The highest BCUT2D eigenvalue weighted by Gasteiger charge is 2.36. The van der Waals surface area contributed by atoms with Crippen LogP contribution in [0.15, 0.2) is 24.3 Å². The van der Waals surface area contributed by atoms with Gasteiger partial charge < -0.3 is 5.11 Å². The van der Waals surface area contributed by atoms with Crippen LogP contribution in [0.3, 0.4) is 0 Å². The zero-order valence-electron chi connectivity index (χ0n) is 11.8. The first-order valence-electron chi connectivity index (χ1n) is 6.34. The molecule has 0 radical (unpaired) electrons. The zero-order valence-corrected chi connectivity index (χ0v) is 11.8. The minimum atomic E-state index is -0.948. The van der Waals surface area contributed by atoms with Gasteiger partial charge in [-0.05, 0) is 45.0 Å².